The van der Waals surface area contributed by atoms with Crippen molar-refractivity contribution in [3.05, 3.63) is 17.5 Å². The van der Waals surface area contributed by atoms with Gasteiger partial charge in [-0.15, -0.1) is 0 Å². The summed E-state index contributed by atoms with van der Waals surface area (Å²) in [5.41, 5.74) is 7.46. The van der Waals surface area contributed by atoms with E-state index in [1.54, 1.807) is 17.8 Å². The van der Waals surface area contributed by atoms with Crippen molar-refractivity contribution in [1.29, 1.82) is 0 Å². The third kappa shape index (κ3) is 2.66. The van der Waals surface area contributed by atoms with Crippen molar-refractivity contribution in [2.45, 2.75) is 44.7 Å². The number of carbonyl (C=O) groups excluding carboxylic acids is 1. The number of amides is 1. The molecule has 0 unspecified atom stereocenters. The number of nitrogens with two attached hydrogens (primary N) is 1. The van der Waals surface area contributed by atoms with Gasteiger partial charge in [-0.25, -0.2) is 0 Å². The summed E-state index contributed by atoms with van der Waals surface area (Å²) >= 11 is 0. The first-order chi connectivity index (χ1) is 8.08. The van der Waals surface area contributed by atoms with Crippen LogP contribution in [0.15, 0.2) is 6.07 Å². The van der Waals surface area contributed by atoms with Crippen molar-refractivity contribution in [2.24, 2.45) is 12.8 Å². The fraction of sp³-hybridized carbons (Fsp3) is 0.667. The third-order valence-electron chi connectivity index (χ3n) is 3.37. The second-order valence-corrected chi connectivity index (χ2v) is 4.82. The normalized spacial score (nSPS) is 24.6. The van der Waals surface area contributed by atoms with Crippen molar-refractivity contribution >= 4 is 5.91 Å². The fourth-order valence-electron chi connectivity index (χ4n) is 2.40. The van der Waals surface area contributed by atoms with E-state index < -0.39 is 0 Å². The summed E-state index contributed by atoms with van der Waals surface area (Å²) in [6.45, 7) is 1.88. The largest absolute Gasteiger partial charge is 0.346 e. The quantitative estimate of drug-likeness (QED) is 0.795. The molecule has 5 heteroatoms. The Bertz CT molecular complexity index is 413. The smallest absolute Gasteiger partial charge is 0.269 e. The van der Waals surface area contributed by atoms with Crippen LogP contribution in [0, 0.1) is 6.92 Å². The van der Waals surface area contributed by atoms with Gasteiger partial charge in [-0.2, -0.15) is 5.10 Å². The molecular weight excluding hydrogens is 216 g/mol. The van der Waals surface area contributed by atoms with Gasteiger partial charge in [-0.1, -0.05) is 12.8 Å². The van der Waals surface area contributed by atoms with Gasteiger partial charge in [0.15, 0.2) is 0 Å². The molecule has 2 atom stereocenters. The number of hydrogen-bond donors (Lipinski definition) is 2. The predicted octanol–water partition coefficient (Wildman–Crippen LogP) is 0.728. The molecule has 0 saturated heterocycles. The van der Waals surface area contributed by atoms with Crippen molar-refractivity contribution in [2.75, 3.05) is 0 Å². The number of nitrogens with zero attached hydrogens (tertiary/aromatic N) is 2. The van der Waals surface area contributed by atoms with E-state index in [9.17, 15) is 4.79 Å². The maximum atomic E-state index is 12.1. The molecule has 1 aromatic rings. The van der Waals surface area contributed by atoms with Crippen LogP contribution in [0.1, 0.15) is 41.9 Å². The Balaban J connectivity index is 2.03. The summed E-state index contributed by atoms with van der Waals surface area (Å²) in [5, 5.41) is 7.18. The number of rotatable bonds is 2. The number of aromatic nitrogens is 2. The van der Waals surface area contributed by atoms with Crippen molar-refractivity contribution in [3.8, 4) is 0 Å². The van der Waals surface area contributed by atoms with Crippen molar-refractivity contribution in [3.63, 3.8) is 0 Å². The van der Waals surface area contributed by atoms with Crippen LogP contribution in [-0.2, 0) is 7.05 Å². The van der Waals surface area contributed by atoms with Crippen LogP contribution in [0.25, 0.3) is 0 Å². The van der Waals surface area contributed by atoms with Crippen LogP contribution in [0.5, 0.6) is 0 Å². The summed E-state index contributed by atoms with van der Waals surface area (Å²) in [5.74, 6) is -0.0737. The molecule has 17 heavy (non-hydrogen) atoms. The lowest BCUT2D eigenvalue weighted by molar-refractivity contribution is 0.0911. The molecule has 5 nitrogen and oxygen atoms in total. The molecule has 1 aromatic heterocycles. The monoisotopic (exact) mass is 236 g/mol. The van der Waals surface area contributed by atoms with Crippen LogP contribution >= 0.6 is 0 Å². The van der Waals surface area contributed by atoms with Gasteiger partial charge in [-0.3, -0.25) is 9.48 Å². The Morgan fingerprint density at radius 3 is 2.82 bits per heavy atom. The van der Waals surface area contributed by atoms with E-state index in [2.05, 4.69) is 10.4 Å². The molecular formula is C12H20N4O. The molecule has 0 aromatic carbocycles. The Hall–Kier alpha value is -1.36. The van der Waals surface area contributed by atoms with Crippen LogP contribution < -0.4 is 11.1 Å². The maximum absolute atomic E-state index is 12.1. The van der Waals surface area contributed by atoms with E-state index in [4.69, 9.17) is 5.73 Å². The van der Waals surface area contributed by atoms with Crippen molar-refractivity contribution in [1.82, 2.24) is 15.1 Å². The minimum atomic E-state index is -0.0737. The van der Waals surface area contributed by atoms with Gasteiger partial charge in [0.05, 0.1) is 5.69 Å². The lowest BCUT2D eigenvalue weighted by Crippen LogP contribution is -2.49. The Kier molecular flexibility index (Phi) is 3.47. The Morgan fingerprint density at radius 2 is 2.24 bits per heavy atom. The number of carbonyl (C=O) groups is 1. The molecule has 1 aliphatic carbocycles. The molecule has 0 aliphatic heterocycles. The minimum Gasteiger partial charge on any atom is -0.346 e. The minimum absolute atomic E-state index is 0.0737. The average molecular weight is 236 g/mol. The number of aryl methyl sites for hydroxylation is 2. The number of hydrogen-bond acceptors (Lipinski definition) is 3. The maximum Gasteiger partial charge on any atom is 0.269 e. The van der Waals surface area contributed by atoms with Gasteiger partial charge in [0.1, 0.15) is 5.69 Å². The first kappa shape index (κ1) is 12.1. The topological polar surface area (TPSA) is 72.9 Å². The predicted molar refractivity (Wildman–Crippen MR) is 65.6 cm³/mol. The average Bonchev–Trinajstić information content (AvgIpc) is 2.61. The first-order valence-corrected chi connectivity index (χ1v) is 6.15. The zero-order valence-corrected chi connectivity index (χ0v) is 10.4. The highest BCUT2D eigenvalue weighted by molar-refractivity contribution is 5.92. The summed E-state index contributed by atoms with van der Waals surface area (Å²) in [6.07, 6.45) is 4.28. The lowest BCUT2D eigenvalue weighted by Gasteiger charge is -2.29. The van der Waals surface area contributed by atoms with Crippen LogP contribution in [-0.4, -0.2) is 27.8 Å². The number of nitrogens with one attached hydrogen (secondary N) is 1. The lowest BCUT2D eigenvalue weighted by atomic mass is 9.91. The highest BCUT2D eigenvalue weighted by Gasteiger charge is 2.24. The molecule has 0 bridgehead atoms. The van der Waals surface area contributed by atoms with E-state index in [0.29, 0.717) is 5.69 Å². The molecule has 1 saturated carbocycles. The van der Waals surface area contributed by atoms with Gasteiger partial charge in [0.2, 0.25) is 0 Å². The van der Waals surface area contributed by atoms with Gasteiger partial charge in [0.25, 0.3) is 5.91 Å². The van der Waals surface area contributed by atoms with Gasteiger partial charge in [-0.05, 0) is 25.8 Å². The Morgan fingerprint density at radius 1 is 1.53 bits per heavy atom. The van der Waals surface area contributed by atoms with Crippen LogP contribution in [0.2, 0.25) is 0 Å². The van der Waals surface area contributed by atoms with Crippen LogP contribution in [0.4, 0.5) is 0 Å². The summed E-state index contributed by atoms with van der Waals surface area (Å²) < 4.78 is 1.61. The molecule has 1 amide bonds. The van der Waals surface area contributed by atoms with E-state index in [1.165, 1.54) is 6.42 Å². The zero-order valence-electron chi connectivity index (χ0n) is 10.4. The second-order valence-electron chi connectivity index (χ2n) is 4.82. The van der Waals surface area contributed by atoms with E-state index in [0.717, 1.165) is 25.0 Å². The van der Waals surface area contributed by atoms with Gasteiger partial charge < -0.3 is 11.1 Å². The molecule has 3 N–H and O–H groups in total. The molecule has 2 rings (SSSR count). The highest BCUT2D eigenvalue weighted by Crippen LogP contribution is 2.17. The van der Waals surface area contributed by atoms with Crippen LogP contribution in [0.3, 0.4) is 0 Å². The second kappa shape index (κ2) is 4.87. The van der Waals surface area contributed by atoms with Gasteiger partial charge >= 0.3 is 0 Å². The molecule has 1 aliphatic rings. The highest BCUT2D eigenvalue weighted by atomic mass is 16.2. The summed E-state index contributed by atoms with van der Waals surface area (Å²) in [7, 11) is 1.78. The zero-order chi connectivity index (χ0) is 12.4. The fourth-order valence-corrected chi connectivity index (χ4v) is 2.40. The first-order valence-electron chi connectivity index (χ1n) is 6.15. The van der Waals surface area contributed by atoms with E-state index >= 15 is 0 Å². The van der Waals surface area contributed by atoms with E-state index in [1.807, 2.05) is 6.92 Å². The molecule has 94 valence electrons. The summed E-state index contributed by atoms with van der Waals surface area (Å²) in [6, 6.07) is 1.98. The van der Waals surface area contributed by atoms with E-state index in [-0.39, 0.29) is 18.0 Å². The van der Waals surface area contributed by atoms with Gasteiger partial charge in [0, 0.05) is 19.1 Å². The standard InChI is InChI=1S/C12H20N4O/c1-8-7-11(16(2)15-8)12(17)14-10-6-4-3-5-9(10)13/h7,9-10H,3-6,13H2,1-2H3,(H,14,17)/t9-,10-/m1/s1. The molecule has 0 radical (unpaired) electrons. The SMILES string of the molecule is Cc1cc(C(=O)N[C@@H]2CCCC[C@H]2N)n(C)n1. The molecule has 1 fully saturated rings. The molecule has 1 heterocycles. The van der Waals surface area contributed by atoms with Crippen molar-refractivity contribution < 1.29 is 4.79 Å². The molecule has 0 spiro atoms. The third-order valence-corrected chi connectivity index (χ3v) is 3.37. The Labute approximate surface area is 101 Å². The summed E-state index contributed by atoms with van der Waals surface area (Å²) in [4.78, 5) is 12.1.